The molecule has 1 aromatic carbocycles. The highest BCUT2D eigenvalue weighted by Crippen LogP contribution is 2.16. The van der Waals surface area contributed by atoms with Crippen molar-refractivity contribution in [2.75, 3.05) is 11.9 Å². The summed E-state index contributed by atoms with van der Waals surface area (Å²) in [6.07, 6.45) is 0.435. The van der Waals surface area contributed by atoms with Crippen molar-refractivity contribution in [2.24, 2.45) is 0 Å². The van der Waals surface area contributed by atoms with E-state index in [1.54, 1.807) is 41.1 Å². The molecule has 0 bridgehead atoms. The molecule has 0 fully saturated rings. The fourth-order valence-electron chi connectivity index (χ4n) is 2.82. The highest BCUT2D eigenvalue weighted by atomic mass is 16.5. The second kappa shape index (κ2) is 9.21. The van der Waals surface area contributed by atoms with Gasteiger partial charge in [0.2, 0.25) is 0 Å². The number of aryl methyl sites for hydroxylation is 2. The van der Waals surface area contributed by atoms with Gasteiger partial charge in [-0.25, -0.2) is 14.5 Å². The molecule has 2 aromatic heterocycles. The molecule has 1 amide bonds. The number of carbonyl (C=O) groups excluding carboxylic acids is 2. The molecule has 0 aliphatic rings. The van der Waals surface area contributed by atoms with Crippen LogP contribution < -0.4 is 10.1 Å². The first-order chi connectivity index (χ1) is 14.4. The minimum absolute atomic E-state index is 0.251. The lowest BCUT2D eigenvalue weighted by molar-refractivity contribution is -0.123. The number of pyridine rings is 1. The average molecular weight is 408 g/mol. The molecular formula is C22H24N4O4. The third-order valence-corrected chi connectivity index (χ3v) is 4.30. The van der Waals surface area contributed by atoms with E-state index in [-0.39, 0.29) is 5.56 Å². The van der Waals surface area contributed by atoms with E-state index in [0.29, 0.717) is 23.9 Å². The molecule has 8 nitrogen and oxygen atoms in total. The summed E-state index contributed by atoms with van der Waals surface area (Å²) in [5.41, 5.74) is 2.66. The van der Waals surface area contributed by atoms with Gasteiger partial charge < -0.3 is 14.8 Å². The van der Waals surface area contributed by atoms with Crippen LogP contribution in [-0.4, -0.2) is 39.4 Å². The van der Waals surface area contributed by atoms with Crippen molar-refractivity contribution in [3.63, 3.8) is 0 Å². The highest BCUT2D eigenvalue weighted by Gasteiger charge is 2.19. The molecule has 8 heteroatoms. The minimum Gasteiger partial charge on any atom is -0.494 e. The summed E-state index contributed by atoms with van der Waals surface area (Å²) in [7, 11) is 0. The molecule has 3 aromatic rings. The maximum atomic E-state index is 12.4. The van der Waals surface area contributed by atoms with Crippen molar-refractivity contribution in [2.45, 2.75) is 33.8 Å². The number of rotatable bonds is 7. The molecule has 0 aliphatic carbocycles. The zero-order valence-electron chi connectivity index (χ0n) is 17.4. The van der Waals surface area contributed by atoms with Crippen LogP contribution in [0.3, 0.4) is 0 Å². The predicted molar refractivity (Wildman–Crippen MR) is 112 cm³/mol. The van der Waals surface area contributed by atoms with Crippen LogP contribution in [0.2, 0.25) is 0 Å². The summed E-state index contributed by atoms with van der Waals surface area (Å²) >= 11 is 0. The Balaban J connectivity index is 1.59. The lowest BCUT2D eigenvalue weighted by atomic mass is 10.2. The number of ether oxygens (including phenoxy) is 2. The van der Waals surface area contributed by atoms with Crippen LogP contribution in [0, 0.1) is 13.8 Å². The average Bonchev–Trinajstić information content (AvgIpc) is 3.07. The van der Waals surface area contributed by atoms with Crippen LogP contribution in [0.15, 0.2) is 48.7 Å². The van der Waals surface area contributed by atoms with E-state index in [0.717, 1.165) is 11.4 Å². The smallest absolute Gasteiger partial charge is 0.340 e. The Labute approximate surface area is 174 Å². The van der Waals surface area contributed by atoms with Gasteiger partial charge in [-0.15, -0.1) is 0 Å². The minimum atomic E-state index is -0.972. The van der Waals surface area contributed by atoms with Gasteiger partial charge in [0, 0.05) is 17.6 Å². The number of carbonyl (C=O) groups is 2. The van der Waals surface area contributed by atoms with Crippen molar-refractivity contribution < 1.29 is 19.1 Å². The van der Waals surface area contributed by atoms with Gasteiger partial charge >= 0.3 is 5.97 Å². The standard InChI is InChI=1S/C22H24N4O4/c1-5-29-19-9-7-18(8-10-19)24-21(27)16(4)30-22(28)17-6-11-20(23-13-17)26-15(3)12-14(2)25-26/h6-13,16H,5H2,1-4H3,(H,24,27). The van der Waals surface area contributed by atoms with Gasteiger partial charge in [0.1, 0.15) is 5.75 Å². The number of hydrogen-bond donors (Lipinski definition) is 1. The van der Waals surface area contributed by atoms with Gasteiger partial charge in [-0.3, -0.25) is 4.79 Å². The van der Waals surface area contributed by atoms with Crippen molar-refractivity contribution in [1.82, 2.24) is 14.8 Å². The molecule has 2 heterocycles. The van der Waals surface area contributed by atoms with Crippen molar-refractivity contribution in [3.8, 4) is 11.6 Å². The number of benzene rings is 1. The van der Waals surface area contributed by atoms with E-state index in [1.807, 2.05) is 26.8 Å². The molecule has 30 heavy (non-hydrogen) atoms. The van der Waals surface area contributed by atoms with E-state index in [9.17, 15) is 9.59 Å². The summed E-state index contributed by atoms with van der Waals surface area (Å²) in [6, 6.07) is 12.2. The number of amides is 1. The van der Waals surface area contributed by atoms with Crippen molar-refractivity contribution >= 4 is 17.6 Å². The van der Waals surface area contributed by atoms with Gasteiger partial charge in [-0.2, -0.15) is 5.10 Å². The van der Waals surface area contributed by atoms with E-state index in [2.05, 4.69) is 15.4 Å². The molecule has 0 saturated carbocycles. The third kappa shape index (κ3) is 5.02. The van der Waals surface area contributed by atoms with E-state index in [4.69, 9.17) is 9.47 Å². The first kappa shape index (κ1) is 21.0. The molecule has 0 radical (unpaired) electrons. The van der Waals surface area contributed by atoms with Crippen LogP contribution in [0.4, 0.5) is 5.69 Å². The number of nitrogens with one attached hydrogen (secondary N) is 1. The SMILES string of the molecule is CCOc1ccc(NC(=O)C(C)OC(=O)c2ccc(-n3nc(C)cc3C)nc2)cc1. The number of anilines is 1. The second-order valence-electron chi connectivity index (χ2n) is 6.74. The van der Waals surface area contributed by atoms with Crippen LogP contribution in [0.5, 0.6) is 5.75 Å². The Morgan fingerprint density at radius 3 is 2.43 bits per heavy atom. The van der Waals surface area contributed by atoms with E-state index < -0.39 is 18.0 Å². The predicted octanol–water partition coefficient (Wildman–Crippen LogP) is 3.47. The largest absolute Gasteiger partial charge is 0.494 e. The molecule has 0 spiro atoms. The Kier molecular flexibility index (Phi) is 6.46. The fourth-order valence-corrected chi connectivity index (χ4v) is 2.82. The van der Waals surface area contributed by atoms with Crippen LogP contribution in [0.1, 0.15) is 35.6 Å². The van der Waals surface area contributed by atoms with Gasteiger partial charge in [-0.1, -0.05) is 0 Å². The van der Waals surface area contributed by atoms with Gasteiger partial charge in [0.15, 0.2) is 11.9 Å². The van der Waals surface area contributed by atoms with E-state index in [1.165, 1.54) is 13.1 Å². The Bertz CT molecular complexity index is 1030. The van der Waals surface area contributed by atoms with Crippen molar-refractivity contribution in [3.05, 3.63) is 65.6 Å². The van der Waals surface area contributed by atoms with Gasteiger partial charge in [0.05, 0.1) is 17.9 Å². The second-order valence-corrected chi connectivity index (χ2v) is 6.74. The van der Waals surface area contributed by atoms with Crippen LogP contribution in [-0.2, 0) is 9.53 Å². The number of nitrogens with zero attached hydrogens (tertiary/aromatic N) is 3. The lowest BCUT2D eigenvalue weighted by Crippen LogP contribution is -2.30. The highest BCUT2D eigenvalue weighted by molar-refractivity contribution is 5.97. The number of hydrogen-bond acceptors (Lipinski definition) is 6. The van der Waals surface area contributed by atoms with Gasteiger partial charge in [-0.05, 0) is 70.2 Å². The quantitative estimate of drug-likeness (QED) is 0.602. The first-order valence-corrected chi connectivity index (χ1v) is 9.61. The molecule has 1 unspecified atom stereocenters. The van der Waals surface area contributed by atoms with Crippen molar-refractivity contribution in [1.29, 1.82) is 0 Å². The van der Waals surface area contributed by atoms with Gasteiger partial charge in [0.25, 0.3) is 5.91 Å². The fraction of sp³-hybridized carbons (Fsp3) is 0.273. The normalized spacial score (nSPS) is 11.6. The summed E-state index contributed by atoms with van der Waals surface area (Å²) in [5, 5.41) is 7.07. The number of esters is 1. The molecule has 1 N–H and O–H groups in total. The zero-order valence-corrected chi connectivity index (χ0v) is 17.4. The Morgan fingerprint density at radius 2 is 1.87 bits per heavy atom. The molecule has 0 saturated heterocycles. The third-order valence-electron chi connectivity index (χ3n) is 4.30. The maximum absolute atomic E-state index is 12.4. The summed E-state index contributed by atoms with van der Waals surface area (Å²) in [4.78, 5) is 29.0. The topological polar surface area (TPSA) is 95.3 Å². The molecule has 156 valence electrons. The number of aromatic nitrogens is 3. The first-order valence-electron chi connectivity index (χ1n) is 9.61. The zero-order chi connectivity index (χ0) is 21.7. The van der Waals surface area contributed by atoms with Crippen LogP contribution >= 0.6 is 0 Å². The Morgan fingerprint density at radius 1 is 1.13 bits per heavy atom. The maximum Gasteiger partial charge on any atom is 0.340 e. The molecule has 3 rings (SSSR count). The summed E-state index contributed by atoms with van der Waals surface area (Å²) in [5.74, 6) is 0.251. The molecular weight excluding hydrogens is 384 g/mol. The monoisotopic (exact) mass is 408 g/mol. The van der Waals surface area contributed by atoms with E-state index >= 15 is 0 Å². The Hall–Kier alpha value is -3.68. The molecule has 0 aliphatic heterocycles. The lowest BCUT2D eigenvalue weighted by Gasteiger charge is -2.14. The molecule has 1 atom stereocenters. The summed E-state index contributed by atoms with van der Waals surface area (Å²) < 4.78 is 12.3. The van der Waals surface area contributed by atoms with Crippen LogP contribution in [0.25, 0.3) is 5.82 Å². The summed E-state index contributed by atoms with van der Waals surface area (Å²) in [6.45, 7) is 7.80.